The monoisotopic (exact) mass is 189 g/mol. The van der Waals surface area contributed by atoms with E-state index in [1.807, 2.05) is 0 Å². The minimum absolute atomic E-state index is 0.374. The molecule has 1 aromatic heterocycles. The molecule has 0 aromatic carbocycles. The molecule has 0 bridgehead atoms. The molecule has 0 fully saturated rings. The molecule has 0 saturated heterocycles. The summed E-state index contributed by atoms with van der Waals surface area (Å²) < 4.78 is 4.55. The Balaban J connectivity index is 2.69. The smallest absolute Gasteiger partial charge is 0.339 e. The average Bonchev–Trinajstić information content (AvgIpc) is 2.26. The summed E-state index contributed by atoms with van der Waals surface area (Å²) in [5.74, 6) is 2.16. The van der Waals surface area contributed by atoms with Crippen LogP contribution in [0, 0.1) is 12.3 Å². The number of aryl methyl sites for hydroxylation is 1. The van der Waals surface area contributed by atoms with Gasteiger partial charge in [-0.3, -0.25) is 4.98 Å². The molecule has 0 aliphatic carbocycles. The van der Waals surface area contributed by atoms with Crippen LogP contribution in [-0.2, 0) is 11.2 Å². The SMILES string of the molecule is C#CCCc1ccc(C(=O)OC)cn1. The summed E-state index contributed by atoms with van der Waals surface area (Å²) in [4.78, 5) is 15.1. The second kappa shape index (κ2) is 5.03. The summed E-state index contributed by atoms with van der Waals surface area (Å²) >= 11 is 0. The largest absolute Gasteiger partial charge is 0.465 e. The Bertz CT molecular complexity index is 349. The quantitative estimate of drug-likeness (QED) is 0.533. The normalized spacial score (nSPS) is 9.14. The van der Waals surface area contributed by atoms with Gasteiger partial charge in [0.25, 0.3) is 0 Å². The first-order valence-electron chi connectivity index (χ1n) is 4.24. The molecule has 0 saturated carbocycles. The number of carbonyl (C=O) groups is 1. The van der Waals surface area contributed by atoms with Crippen LogP contribution in [0.1, 0.15) is 22.5 Å². The van der Waals surface area contributed by atoms with E-state index in [0.717, 1.165) is 12.1 Å². The fourth-order valence-electron chi connectivity index (χ4n) is 1.01. The Labute approximate surface area is 83.1 Å². The Kier molecular flexibility index (Phi) is 3.69. The molecule has 1 rings (SSSR count). The van der Waals surface area contributed by atoms with E-state index in [0.29, 0.717) is 12.0 Å². The molecule has 1 heterocycles. The van der Waals surface area contributed by atoms with E-state index >= 15 is 0 Å². The first-order valence-corrected chi connectivity index (χ1v) is 4.24. The number of methoxy groups -OCH3 is 1. The van der Waals surface area contributed by atoms with Crippen molar-refractivity contribution >= 4 is 5.97 Å². The maximum Gasteiger partial charge on any atom is 0.339 e. The summed E-state index contributed by atoms with van der Waals surface area (Å²) in [5, 5.41) is 0. The highest BCUT2D eigenvalue weighted by Gasteiger charge is 2.04. The number of aromatic nitrogens is 1. The van der Waals surface area contributed by atoms with Crippen LogP contribution in [-0.4, -0.2) is 18.1 Å². The molecule has 3 nitrogen and oxygen atoms in total. The van der Waals surface area contributed by atoms with Crippen molar-refractivity contribution in [3.63, 3.8) is 0 Å². The third kappa shape index (κ3) is 2.60. The molecule has 0 aliphatic rings. The molecule has 0 N–H and O–H groups in total. The van der Waals surface area contributed by atoms with Crippen molar-refractivity contribution in [2.45, 2.75) is 12.8 Å². The lowest BCUT2D eigenvalue weighted by molar-refractivity contribution is 0.0600. The van der Waals surface area contributed by atoms with Crippen molar-refractivity contribution in [2.24, 2.45) is 0 Å². The molecule has 0 atom stereocenters. The third-order valence-electron chi connectivity index (χ3n) is 1.77. The van der Waals surface area contributed by atoms with Gasteiger partial charge in [0.05, 0.1) is 12.7 Å². The Hall–Kier alpha value is -1.82. The van der Waals surface area contributed by atoms with Crippen molar-refractivity contribution in [1.82, 2.24) is 4.98 Å². The zero-order chi connectivity index (χ0) is 10.4. The predicted molar refractivity (Wildman–Crippen MR) is 52.7 cm³/mol. The molecule has 3 heteroatoms. The lowest BCUT2D eigenvalue weighted by Gasteiger charge is -2.00. The maximum absolute atomic E-state index is 11.0. The molecule has 0 amide bonds. The predicted octanol–water partition coefficient (Wildman–Crippen LogP) is 1.43. The Morgan fingerprint density at radius 3 is 2.93 bits per heavy atom. The number of hydrogen-bond donors (Lipinski definition) is 0. The van der Waals surface area contributed by atoms with Gasteiger partial charge >= 0.3 is 5.97 Å². The zero-order valence-electron chi connectivity index (χ0n) is 7.99. The first kappa shape index (κ1) is 10.3. The molecular formula is C11H11NO2. The van der Waals surface area contributed by atoms with Crippen LogP contribution in [0.3, 0.4) is 0 Å². The zero-order valence-corrected chi connectivity index (χ0v) is 7.99. The van der Waals surface area contributed by atoms with E-state index < -0.39 is 0 Å². The average molecular weight is 189 g/mol. The van der Waals surface area contributed by atoms with Gasteiger partial charge in [0.2, 0.25) is 0 Å². The molecular weight excluding hydrogens is 178 g/mol. The van der Waals surface area contributed by atoms with Gasteiger partial charge in [-0.25, -0.2) is 4.79 Å². The molecule has 0 spiro atoms. The summed E-state index contributed by atoms with van der Waals surface area (Å²) in [6.07, 6.45) is 8.01. The van der Waals surface area contributed by atoms with Gasteiger partial charge in [-0.15, -0.1) is 12.3 Å². The fourth-order valence-corrected chi connectivity index (χ4v) is 1.01. The molecule has 72 valence electrons. The minimum Gasteiger partial charge on any atom is -0.465 e. The lowest BCUT2D eigenvalue weighted by Crippen LogP contribution is -2.02. The molecule has 0 radical (unpaired) electrons. The fraction of sp³-hybridized carbons (Fsp3) is 0.273. The Morgan fingerprint density at radius 1 is 1.64 bits per heavy atom. The van der Waals surface area contributed by atoms with E-state index in [1.54, 1.807) is 12.1 Å². The topological polar surface area (TPSA) is 39.2 Å². The van der Waals surface area contributed by atoms with Gasteiger partial charge in [-0.2, -0.15) is 0 Å². The van der Waals surface area contributed by atoms with E-state index in [1.165, 1.54) is 13.3 Å². The second-order valence-electron chi connectivity index (χ2n) is 2.73. The highest BCUT2D eigenvalue weighted by Crippen LogP contribution is 2.03. The first-order chi connectivity index (χ1) is 6.77. The van der Waals surface area contributed by atoms with Crippen molar-refractivity contribution < 1.29 is 9.53 Å². The number of rotatable bonds is 3. The minimum atomic E-state index is -0.374. The lowest BCUT2D eigenvalue weighted by atomic mass is 10.2. The van der Waals surface area contributed by atoms with Crippen LogP contribution in [0.2, 0.25) is 0 Å². The van der Waals surface area contributed by atoms with Crippen molar-refractivity contribution in [3.8, 4) is 12.3 Å². The van der Waals surface area contributed by atoms with Gasteiger partial charge < -0.3 is 4.74 Å². The number of esters is 1. The highest BCUT2D eigenvalue weighted by atomic mass is 16.5. The highest BCUT2D eigenvalue weighted by molar-refractivity contribution is 5.88. The number of carbonyl (C=O) groups excluding carboxylic acids is 1. The van der Waals surface area contributed by atoms with E-state index in [2.05, 4.69) is 15.6 Å². The number of ether oxygens (including phenoxy) is 1. The van der Waals surface area contributed by atoms with Crippen LogP contribution in [0.4, 0.5) is 0 Å². The maximum atomic E-state index is 11.0. The van der Waals surface area contributed by atoms with Crippen LogP contribution >= 0.6 is 0 Å². The Morgan fingerprint density at radius 2 is 2.43 bits per heavy atom. The van der Waals surface area contributed by atoms with E-state index in [4.69, 9.17) is 6.42 Å². The van der Waals surface area contributed by atoms with Crippen molar-refractivity contribution in [3.05, 3.63) is 29.6 Å². The van der Waals surface area contributed by atoms with E-state index in [-0.39, 0.29) is 5.97 Å². The standard InChI is InChI=1S/C11H11NO2/c1-3-4-5-10-7-6-9(8-12-10)11(13)14-2/h1,6-8H,4-5H2,2H3. The summed E-state index contributed by atoms with van der Waals surface area (Å²) in [5.41, 5.74) is 1.34. The van der Waals surface area contributed by atoms with Gasteiger partial charge in [0.15, 0.2) is 0 Å². The van der Waals surface area contributed by atoms with Crippen LogP contribution in [0.5, 0.6) is 0 Å². The van der Waals surface area contributed by atoms with Crippen LogP contribution in [0.25, 0.3) is 0 Å². The molecule has 0 aliphatic heterocycles. The number of terminal acetylenes is 1. The number of pyridine rings is 1. The molecule has 14 heavy (non-hydrogen) atoms. The van der Waals surface area contributed by atoms with Crippen LogP contribution < -0.4 is 0 Å². The number of nitrogens with zero attached hydrogens (tertiary/aromatic N) is 1. The molecule has 0 unspecified atom stereocenters. The van der Waals surface area contributed by atoms with Gasteiger partial charge in [-0.1, -0.05) is 0 Å². The van der Waals surface area contributed by atoms with Gasteiger partial charge in [0, 0.05) is 24.7 Å². The van der Waals surface area contributed by atoms with Gasteiger partial charge in [-0.05, 0) is 12.1 Å². The summed E-state index contributed by atoms with van der Waals surface area (Å²) in [6, 6.07) is 3.47. The third-order valence-corrected chi connectivity index (χ3v) is 1.77. The van der Waals surface area contributed by atoms with Crippen LogP contribution in [0.15, 0.2) is 18.3 Å². The van der Waals surface area contributed by atoms with Gasteiger partial charge in [0.1, 0.15) is 0 Å². The van der Waals surface area contributed by atoms with Crippen molar-refractivity contribution in [2.75, 3.05) is 7.11 Å². The second-order valence-corrected chi connectivity index (χ2v) is 2.73. The van der Waals surface area contributed by atoms with Crippen molar-refractivity contribution in [1.29, 1.82) is 0 Å². The summed E-state index contributed by atoms with van der Waals surface area (Å²) in [7, 11) is 1.34. The number of hydrogen-bond acceptors (Lipinski definition) is 3. The molecule has 1 aromatic rings. The summed E-state index contributed by atoms with van der Waals surface area (Å²) in [6.45, 7) is 0. The van der Waals surface area contributed by atoms with E-state index in [9.17, 15) is 4.79 Å².